The van der Waals surface area contributed by atoms with E-state index in [2.05, 4.69) is 11.6 Å². The lowest BCUT2D eigenvalue weighted by atomic mass is 9.96. The molecule has 0 fully saturated rings. The lowest BCUT2D eigenvalue weighted by molar-refractivity contribution is -0.129. The van der Waals surface area contributed by atoms with Crippen molar-refractivity contribution in [2.75, 3.05) is 26.9 Å². The van der Waals surface area contributed by atoms with Crippen molar-refractivity contribution in [1.82, 2.24) is 29.2 Å². The number of benzene rings is 2. The van der Waals surface area contributed by atoms with Crippen LogP contribution >= 0.6 is 11.3 Å². The molecule has 4 aromatic heterocycles. The summed E-state index contributed by atoms with van der Waals surface area (Å²) in [5.41, 5.74) is 4.50. The Kier molecular flexibility index (Phi) is 7.73. The van der Waals surface area contributed by atoms with Gasteiger partial charge in [0.05, 0.1) is 47.2 Å². The Balaban J connectivity index is 1.51. The van der Waals surface area contributed by atoms with Crippen LogP contribution in [0.5, 0.6) is 5.75 Å². The fourth-order valence-electron chi connectivity index (χ4n) is 6.22. The number of nitrogens with zero attached hydrogens (tertiary/aromatic N) is 5. The Morgan fingerprint density at radius 2 is 1.96 bits per heavy atom. The zero-order valence-electron chi connectivity index (χ0n) is 25.8. The molecule has 6 aromatic rings. The second-order valence-electron chi connectivity index (χ2n) is 11.3. The number of aromatic nitrogens is 5. The van der Waals surface area contributed by atoms with Crippen LogP contribution in [0, 0.1) is 11.6 Å². The van der Waals surface area contributed by atoms with Gasteiger partial charge in [0.1, 0.15) is 35.4 Å². The van der Waals surface area contributed by atoms with E-state index in [-0.39, 0.29) is 42.2 Å². The number of hydrogen-bond acceptors (Lipinski definition) is 7. The molecule has 47 heavy (non-hydrogen) atoms. The molecule has 240 valence electrons. The van der Waals surface area contributed by atoms with E-state index in [1.165, 1.54) is 29.1 Å². The number of ether oxygens (including phenoxy) is 2. The van der Waals surface area contributed by atoms with Crippen LogP contribution in [0.1, 0.15) is 18.7 Å². The summed E-state index contributed by atoms with van der Waals surface area (Å²) in [6.45, 7) is 6.71. The third kappa shape index (κ3) is 5.11. The molecule has 7 rings (SSSR count). The molecule has 1 N–H and O–H groups in total. The van der Waals surface area contributed by atoms with E-state index in [1.54, 1.807) is 11.9 Å². The summed E-state index contributed by atoms with van der Waals surface area (Å²) < 4.78 is 45.8. The van der Waals surface area contributed by atoms with Gasteiger partial charge in [-0.3, -0.25) is 14.0 Å². The van der Waals surface area contributed by atoms with Crippen LogP contribution in [0.3, 0.4) is 0 Å². The van der Waals surface area contributed by atoms with Crippen LogP contribution in [0.15, 0.2) is 65.3 Å². The van der Waals surface area contributed by atoms with E-state index < -0.39 is 11.6 Å². The van der Waals surface area contributed by atoms with Gasteiger partial charge in [0, 0.05) is 54.0 Å². The van der Waals surface area contributed by atoms with Gasteiger partial charge in [-0.05, 0) is 42.6 Å². The highest BCUT2D eigenvalue weighted by molar-refractivity contribution is 7.18. The summed E-state index contributed by atoms with van der Waals surface area (Å²) in [5, 5.41) is 7.53. The van der Waals surface area contributed by atoms with Crippen molar-refractivity contribution in [2.45, 2.75) is 19.5 Å². The molecule has 0 saturated carbocycles. The number of fused-ring (bicyclic) bond motifs is 3. The number of aryl methyl sites for hydroxylation is 1. The molecule has 0 spiro atoms. The maximum absolute atomic E-state index is 16.1. The number of H-pyrrole nitrogens is 1. The van der Waals surface area contributed by atoms with Crippen LogP contribution in [0.4, 0.5) is 8.78 Å². The lowest BCUT2D eigenvalue weighted by Gasteiger charge is -2.33. The third-order valence-corrected chi connectivity index (χ3v) is 9.49. The third-order valence-electron chi connectivity index (χ3n) is 8.56. The molecule has 0 unspecified atom stereocenters. The molecule has 10 nitrogen and oxygen atoms in total. The number of methoxy groups -OCH3 is 1. The quantitative estimate of drug-likeness (QED) is 0.158. The van der Waals surface area contributed by atoms with Gasteiger partial charge >= 0.3 is 5.69 Å². The number of carbonyl (C=O) groups is 1. The molecule has 1 aliphatic heterocycles. The Labute approximate surface area is 271 Å². The van der Waals surface area contributed by atoms with Crippen molar-refractivity contribution < 1.29 is 23.0 Å². The van der Waals surface area contributed by atoms with E-state index in [9.17, 15) is 14.0 Å². The van der Waals surface area contributed by atoms with E-state index in [4.69, 9.17) is 19.6 Å². The fraction of sp³-hybridized carbons (Fsp3) is 0.235. The summed E-state index contributed by atoms with van der Waals surface area (Å²) >= 11 is 1.39. The van der Waals surface area contributed by atoms with Gasteiger partial charge in [-0.15, -0.1) is 11.3 Å². The van der Waals surface area contributed by atoms with Gasteiger partial charge in [0.2, 0.25) is 5.91 Å². The Hall–Kier alpha value is -5.14. The largest absolute Gasteiger partial charge is 0.490 e. The Morgan fingerprint density at radius 1 is 1.13 bits per heavy atom. The molecule has 2 aromatic carbocycles. The first-order valence-corrected chi connectivity index (χ1v) is 15.8. The van der Waals surface area contributed by atoms with E-state index in [0.717, 1.165) is 34.3 Å². The number of rotatable bonds is 8. The van der Waals surface area contributed by atoms with Crippen molar-refractivity contribution in [3.63, 3.8) is 0 Å². The molecule has 0 aliphatic carbocycles. The summed E-state index contributed by atoms with van der Waals surface area (Å²) in [6.07, 6.45) is 1.29. The van der Waals surface area contributed by atoms with Crippen LogP contribution in [0.2, 0.25) is 0 Å². The smallest absolute Gasteiger partial charge is 0.326 e. The second-order valence-corrected chi connectivity index (χ2v) is 12.2. The number of carbonyl (C=O) groups excluding carboxylic acids is 1. The highest BCUT2D eigenvalue weighted by atomic mass is 32.1. The van der Waals surface area contributed by atoms with E-state index >= 15 is 4.39 Å². The molecule has 0 bridgehead atoms. The summed E-state index contributed by atoms with van der Waals surface area (Å²) in [5.74, 6) is -1.77. The van der Waals surface area contributed by atoms with Gasteiger partial charge in [-0.1, -0.05) is 12.6 Å². The first kappa shape index (κ1) is 30.5. The summed E-state index contributed by atoms with van der Waals surface area (Å²) in [4.78, 5) is 34.7. The van der Waals surface area contributed by atoms with Gasteiger partial charge in [0.25, 0.3) is 0 Å². The monoisotopic (exact) mass is 656 g/mol. The van der Waals surface area contributed by atoms with Crippen molar-refractivity contribution in [1.29, 1.82) is 0 Å². The van der Waals surface area contributed by atoms with Crippen molar-refractivity contribution in [2.24, 2.45) is 7.05 Å². The first-order chi connectivity index (χ1) is 22.7. The van der Waals surface area contributed by atoms with Gasteiger partial charge < -0.3 is 19.4 Å². The number of thiophene rings is 1. The average molecular weight is 657 g/mol. The SMILES string of the molecule is C=CC(=O)N1CCn2nc(-c3nc(-c4ccc5c(c4)[nH]c(=O)n5C)c4ccsc4c3-c3c(F)cc(F)cc3OCCOC)cc2[C@H]1C. The molecule has 5 heterocycles. The minimum Gasteiger partial charge on any atom is -0.490 e. The van der Waals surface area contributed by atoms with Gasteiger partial charge in [-0.25, -0.2) is 18.6 Å². The van der Waals surface area contributed by atoms with Crippen LogP contribution in [-0.4, -0.2) is 62.0 Å². The maximum atomic E-state index is 16.1. The predicted molar refractivity (Wildman–Crippen MR) is 176 cm³/mol. The normalized spacial score (nSPS) is 14.6. The van der Waals surface area contributed by atoms with Crippen molar-refractivity contribution >= 4 is 38.4 Å². The Morgan fingerprint density at radius 3 is 2.74 bits per heavy atom. The molecule has 1 amide bonds. The highest BCUT2D eigenvalue weighted by Gasteiger charge is 2.31. The number of hydrogen-bond donors (Lipinski definition) is 1. The van der Waals surface area contributed by atoms with Crippen LogP contribution in [-0.2, 0) is 23.1 Å². The Bertz CT molecular complexity index is 2270. The number of aromatic amines is 1. The predicted octanol–water partition coefficient (Wildman–Crippen LogP) is 6.07. The minimum atomic E-state index is -0.814. The van der Waals surface area contributed by atoms with Crippen molar-refractivity contribution in [3.8, 4) is 39.5 Å². The topological polar surface area (TPSA) is 107 Å². The zero-order chi connectivity index (χ0) is 33.0. The number of nitrogens with one attached hydrogen (secondary N) is 1. The van der Waals surface area contributed by atoms with Gasteiger partial charge in [-0.2, -0.15) is 5.10 Å². The highest BCUT2D eigenvalue weighted by Crippen LogP contribution is 2.47. The molecule has 1 atom stereocenters. The molecular formula is C34H30F2N6O4S. The number of pyridine rings is 1. The number of halogens is 2. The van der Waals surface area contributed by atoms with E-state index in [0.29, 0.717) is 46.0 Å². The molecule has 0 radical (unpaired) electrons. The average Bonchev–Trinajstić information content (AvgIpc) is 3.78. The van der Waals surface area contributed by atoms with Crippen LogP contribution < -0.4 is 10.4 Å². The lowest BCUT2D eigenvalue weighted by Crippen LogP contribution is -2.40. The second kappa shape index (κ2) is 11.9. The minimum absolute atomic E-state index is 0.00780. The molecule has 1 aliphatic rings. The molecule has 0 saturated heterocycles. The summed E-state index contributed by atoms with van der Waals surface area (Å²) in [7, 11) is 3.21. The first-order valence-electron chi connectivity index (χ1n) is 14.9. The zero-order valence-corrected chi connectivity index (χ0v) is 26.7. The summed E-state index contributed by atoms with van der Waals surface area (Å²) in [6, 6.07) is 11.0. The fourth-order valence-corrected chi connectivity index (χ4v) is 7.17. The standard InChI is InChI=1S/C34H30F2N6O4S/c1-5-28(43)41-9-10-42-26(18(41)2)17-24(39-42)32-30(29-22(36)15-20(35)16-27(29)46-12-11-45-4)33-21(8-13-47-33)31(38-32)19-6-7-25-23(14-19)37-34(44)40(25)3/h5-8,13-18H,1,9-12H2,2-4H3,(H,37,44)/t18-/m1/s1. The van der Waals surface area contributed by atoms with E-state index in [1.807, 2.05) is 47.3 Å². The molecule has 13 heteroatoms. The number of imidazole rings is 1. The molecular weight excluding hydrogens is 626 g/mol. The van der Waals surface area contributed by atoms with Crippen molar-refractivity contribution in [3.05, 3.63) is 88.3 Å². The van der Waals surface area contributed by atoms with Crippen LogP contribution in [0.25, 0.3) is 54.9 Å². The number of amides is 1. The maximum Gasteiger partial charge on any atom is 0.326 e. The van der Waals surface area contributed by atoms with Gasteiger partial charge in [0.15, 0.2) is 0 Å².